The molecular formula is C23H36N2O4. The van der Waals surface area contributed by atoms with E-state index in [2.05, 4.69) is 0 Å². The van der Waals surface area contributed by atoms with E-state index in [1.807, 2.05) is 4.90 Å². The Labute approximate surface area is 173 Å². The predicted octanol–water partition coefficient (Wildman–Crippen LogP) is 3.34. The van der Waals surface area contributed by atoms with Crippen molar-refractivity contribution in [3.05, 3.63) is 0 Å². The van der Waals surface area contributed by atoms with Gasteiger partial charge in [0.25, 0.3) is 0 Å². The standard InChI is InChI=1S/C23H36N2O4/c24-20-3-6-25(7-4-20)21(26)13-15-2-1-5-22(14-15)27-23(29-28-22)18-9-16-8-17(11-18)12-19(23)10-16/h15-20H,1-14,24H2/t15-,16?,17?,18?,19?,22+,23?/m0/s1. The van der Waals surface area contributed by atoms with E-state index < -0.39 is 11.6 Å². The summed E-state index contributed by atoms with van der Waals surface area (Å²) in [5.41, 5.74) is 5.99. The third kappa shape index (κ3) is 3.17. The van der Waals surface area contributed by atoms with Crippen molar-refractivity contribution < 1.29 is 19.3 Å². The van der Waals surface area contributed by atoms with Crippen molar-refractivity contribution in [2.75, 3.05) is 13.1 Å². The SMILES string of the molecule is NC1CCN(C(=O)C[C@@H]2CCC[C@]3(C2)OOC2(O3)C3CC4CC(C3)CC2C4)CC1. The average Bonchev–Trinajstić information content (AvgIpc) is 3.06. The predicted molar refractivity (Wildman–Crippen MR) is 106 cm³/mol. The van der Waals surface area contributed by atoms with Crippen LogP contribution in [0.2, 0.25) is 0 Å². The fraction of sp³-hybridized carbons (Fsp3) is 0.957. The summed E-state index contributed by atoms with van der Waals surface area (Å²) in [4.78, 5) is 27.1. The first kappa shape index (κ1) is 19.0. The zero-order valence-corrected chi connectivity index (χ0v) is 17.5. The zero-order chi connectivity index (χ0) is 19.6. The van der Waals surface area contributed by atoms with E-state index in [4.69, 9.17) is 20.2 Å². The van der Waals surface area contributed by atoms with E-state index in [9.17, 15) is 4.79 Å². The van der Waals surface area contributed by atoms with Gasteiger partial charge in [0.2, 0.25) is 17.5 Å². The molecule has 5 saturated carbocycles. The number of likely N-dealkylation sites (tertiary alicyclic amines) is 1. The summed E-state index contributed by atoms with van der Waals surface area (Å²) >= 11 is 0. The van der Waals surface area contributed by atoms with Gasteiger partial charge in [-0.3, -0.25) is 4.79 Å². The van der Waals surface area contributed by atoms with Crippen LogP contribution in [0, 0.1) is 29.6 Å². The molecule has 2 aliphatic heterocycles. The molecule has 2 N–H and O–H groups in total. The molecular weight excluding hydrogens is 368 g/mol. The highest BCUT2D eigenvalue weighted by molar-refractivity contribution is 5.76. The van der Waals surface area contributed by atoms with Gasteiger partial charge < -0.3 is 15.4 Å². The minimum Gasteiger partial charge on any atom is -0.343 e. The average molecular weight is 405 g/mol. The number of amides is 1. The van der Waals surface area contributed by atoms with Crippen LogP contribution in [-0.4, -0.2) is 41.5 Å². The maximum absolute atomic E-state index is 12.8. The molecule has 2 heterocycles. The topological polar surface area (TPSA) is 74.0 Å². The normalized spacial score (nSPS) is 49.4. The second kappa shape index (κ2) is 6.91. The van der Waals surface area contributed by atoms with Gasteiger partial charge in [0.05, 0.1) is 0 Å². The summed E-state index contributed by atoms with van der Waals surface area (Å²) in [6.45, 7) is 1.62. The number of ether oxygens (including phenoxy) is 1. The molecule has 7 rings (SSSR count). The van der Waals surface area contributed by atoms with Crippen molar-refractivity contribution in [1.82, 2.24) is 4.90 Å². The number of nitrogens with two attached hydrogens (primary N) is 1. The molecule has 5 aliphatic carbocycles. The first-order valence-corrected chi connectivity index (χ1v) is 12.1. The van der Waals surface area contributed by atoms with Crippen LogP contribution in [-0.2, 0) is 19.3 Å². The van der Waals surface area contributed by atoms with Crippen LogP contribution < -0.4 is 5.73 Å². The lowest BCUT2D eigenvalue weighted by atomic mass is 9.53. The van der Waals surface area contributed by atoms with Crippen molar-refractivity contribution in [2.45, 2.75) is 94.7 Å². The monoisotopic (exact) mass is 404 g/mol. The van der Waals surface area contributed by atoms with Crippen LogP contribution in [0.25, 0.3) is 0 Å². The summed E-state index contributed by atoms with van der Waals surface area (Å²) in [7, 11) is 0. The molecule has 4 bridgehead atoms. The van der Waals surface area contributed by atoms with Gasteiger partial charge in [-0.25, -0.2) is 0 Å². The van der Waals surface area contributed by atoms with Gasteiger partial charge in [0.1, 0.15) is 0 Å². The van der Waals surface area contributed by atoms with Gasteiger partial charge in [-0.2, -0.15) is 9.78 Å². The van der Waals surface area contributed by atoms with Crippen LogP contribution in [0.15, 0.2) is 0 Å². The Kier molecular flexibility index (Phi) is 4.53. The summed E-state index contributed by atoms with van der Waals surface area (Å²) < 4.78 is 6.84. The highest BCUT2D eigenvalue weighted by Crippen LogP contribution is 2.64. The third-order valence-corrected chi connectivity index (χ3v) is 9.07. The van der Waals surface area contributed by atoms with Crippen molar-refractivity contribution >= 4 is 5.91 Å². The van der Waals surface area contributed by atoms with E-state index in [-0.39, 0.29) is 11.9 Å². The van der Waals surface area contributed by atoms with Gasteiger partial charge in [0, 0.05) is 50.2 Å². The summed E-state index contributed by atoms with van der Waals surface area (Å²) in [6, 6.07) is 0.256. The Balaban J connectivity index is 1.12. The summed E-state index contributed by atoms with van der Waals surface area (Å²) in [6.07, 6.45) is 12.6. The van der Waals surface area contributed by atoms with E-state index in [1.54, 1.807) is 0 Å². The number of hydrogen-bond acceptors (Lipinski definition) is 5. The molecule has 0 radical (unpaired) electrons. The third-order valence-electron chi connectivity index (χ3n) is 9.07. The van der Waals surface area contributed by atoms with Crippen LogP contribution in [0.1, 0.15) is 77.0 Å². The lowest BCUT2D eigenvalue weighted by molar-refractivity contribution is -0.390. The number of rotatable bonds is 2. The van der Waals surface area contributed by atoms with Crippen molar-refractivity contribution in [1.29, 1.82) is 0 Å². The summed E-state index contributed by atoms with van der Waals surface area (Å²) in [5.74, 6) is 2.23. The molecule has 2 spiro atoms. The van der Waals surface area contributed by atoms with Crippen LogP contribution >= 0.6 is 0 Å². The zero-order valence-electron chi connectivity index (χ0n) is 17.5. The Hall–Kier alpha value is -0.690. The van der Waals surface area contributed by atoms with E-state index in [0.717, 1.165) is 63.5 Å². The largest absolute Gasteiger partial charge is 0.343 e. The molecule has 162 valence electrons. The molecule has 6 nitrogen and oxygen atoms in total. The van der Waals surface area contributed by atoms with Gasteiger partial charge in [-0.15, -0.1) is 0 Å². The van der Waals surface area contributed by atoms with E-state index >= 15 is 0 Å². The maximum Gasteiger partial charge on any atom is 0.222 e. The van der Waals surface area contributed by atoms with E-state index in [1.165, 1.54) is 32.1 Å². The van der Waals surface area contributed by atoms with Gasteiger partial charge in [0.15, 0.2) is 0 Å². The van der Waals surface area contributed by atoms with E-state index in [0.29, 0.717) is 24.2 Å². The van der Waals surface area contributed by atoms with Crippen LogP contribution in [0.5, 0.6) is 0 Å². The number of piperidine rings is 1. The molecule has 29 heavy (non-hydrogen) atoms. The lowest BCUT2D eigenvalue weighted by Crippen LogP contribution is -2.59. The Bertz CT molecular complexity index is 633. The van der Waals surface area contributed by atoms with Gasteiger partial charge in [-0.1, -0.05) is 0 Å². The first-order chi connectivity index (χ1) is 14.0. The fourth-order valence-corrected chi connectivity index (χ4v) is 7.78. The second-order valence-electron chi connectivity index (χ2n) is 11.1. The van der Waals surface area contributed by atoms with Crippen LogP contribution in [0.4, 0.5) is 0 Å². The quantitative estimate of drug-likeness (QED) is 0.715. The minimum absolute atomic E-state index is 0.256. The Morgan fingerprint density at radius 3 is 2.34 bits per heavy atom. The number of carbonyl (C=O) groups is 1. The molecule has 0 aromatic rings. The second-order valence-corrected chi connectivity index (χ2v) is 11.1. The molecule has 1 amide bonds. The molecule has 7 fully saturated rings. The van der Waals surface area contributed by atoms with Gasteiger partial charge >= 0.3 is 0 Å². The molecule has 6 heteroatoms. The molecule has 7 aliphatic rings. The molecule has 2 atom stereocenters. The molecule has 2 saturated heterocycles. The fourth-order valence-electron chi connectivity index (χ4n) is 7.78. The number of carbonyl (C=O) groups excluding carboxylic acids is 1. The maximum atomic E-state index is 12.8. The minimum atomic E-state index is -0.622. The smallest absolute Gasteiger partial charge is 0.222 e. The molecule has 0 aromatic carbocycles. The van der Waals surface area contributed by atoms with Crippen molar-refractivity contribution in [3.63, 3.8) is 0 Å². The van der Waals surface area contributed by atoms with Crippen LogP contribution in [0.3, 0.4) is 0 Å². The number of nitrogens with zero attached hydrogens (tertiary/aromatic N) is 1. The van der Waals surface area contributed by atoms with Crippen molar-refractivity contribution in [3.8, 4) is 0 Å². The highest BCUT2D eigenvalue weighted by Gasteiger charge is 2.67. The van der Waals surface area contributed by atoms with Gasteiger partial charge in [-0.05, 0) is 75.5 Å². The first-order valence-electron chi connectivity index (χ1n) is 12.1. The molecule has 0 aromatic heterocycles. The Morgan fingerprint density at radius 1 is 0.966 bits per heavy atom. The summed E-state index contributed by atoms with van der Waals surface area (Å²) in [5, 5.41) is 0. The number of hydrogen-bond donors (Lipinski definition) is 1. The highest BCUT2D eigenvalue weighted by atomic mass is 17.3. The lowest BCUT2D eigenvalue weighted by Gasteiger charge is -2.57. The Morgan fingerprint density at radius 2 is 1.66 bits per heavy atom. The molecule has 0 unspecified atom stereocenters. The van der Waals surface area contributed by atoms with Crippen molar-refractivity contribution in [2.24, 2.45) is 35.3 Å².